The fraction of sp³-hybridized carbons (Fsp3) is 0.333. The van der Waals surface area contributed by atoms with E-state index in [-0.39, 0.29) is 11.7 Å². The van der Waals surface area contributed by atoms with E-state index in [9.17, 15) is 4.39 Å². The van der Waals surface area contributed by atoms with Crippen LogP contribution < -0.4 is 5.32 Å². The highest BCUT2D eigenvalue weighted by Crippen LogP contribution is 2.39. The Kier molecular flexibility index (Phi) is 3.83. The number of benzene rings is 2. The van der Waals surface area contributed by atoms with Gasteiger partial charge < -0.3 is 5.32 Å². The summed E-state index contributed by atoms with van der Waals surface area (Å²) in [6.45, 7) is 4.00. The molecule has 0 saturated carbocycles. The van der Waals surface area contributed by atoms with E-state index < -0.39 is 0 Å². The first-order chi connectivity index (χ1) is 9.77. The van der Waals surface area contributed by atoms with Crippen LogP contribution in [-0.2, 0) is 0 Å². The first kappa shape index (κ1) is 13.3. The molecule has 1 aliphatic heterocycles. The zero-order valence-electron chi connectivity index (χ0n) is 11.8. The third kappa shape index (κ3) is 2.48. The summed E-state index contributed by atoms with van der Waals surface area (Å²) in [6.07, 6.45) is 1.06. The van der Waals surface area contributed by atoms with E-state index in [2.05, 4.69) is 36.5 Å². The standard InChI is InChI=1S/C18H20FN/c1-13-6-2-3-7-14(13)15-10-11-20-12-17(15)16-8-4-5-9-18(16)19/h2-9,15,17,20H,10-12H2,1H3. The van der Waals surface area contributed by atoms with E-state index in [1.54, 1.807) is 12.1 Å². The minimum atomic E-state index is -0.0835. The predicted molar refractivity (Wildman–Crippen MR) is 80.5 cm³/mol. The van der Waals surface area contributed by atoms with Crippen LogP contribution in [0.4, 0.5) is 4.39 Å². The van der Waals surface area contributed by atoms with E-state index in [0.717, 1.165) is 25.1 Å². The van der Waals surface area contributed by atoms with Gasteiger partial charge in [-0.15, -0.1) is 0 Å². The molecule has 1 aliphatic rings. The lowest BCUT2D eigenvalue weighted by molar-refractivity contribution is 0.392. The van der Waals surface area contributed by atoms with E-state index in [0.29, 0.717) is 5.92 Å². The quantitative estimate of drug-likeness (QED) is 0.869. The van der Waals surface area contributed by atoms with Gasteiger partial charge in [0.1, 0.15) is 5.82 Å². The highest BCUT2D eigenvalue weighted by molar-refractivity contribution is 5.35. The van der Waals surface area contributed by atoms with Gasteiger partial charge in [-0.1, -0.05) is 42.5 Å². The number of aryl methyl sites for hydroxylation is 1. The Balaban J connectivity index is 2.00. The van der Waals surface area contributed by atoms with Crippen LogP contribution in [0.5, 0.6) is 0 Å². The van der Waals surface area contributed by atoms with Crippen LogP contribution in [0, 0.1) is 12.7 Å². The maximum absolute atomic E-state index is 14.1. The maximum Gasteiger partial charge on any atom is 0.126 e. The van der Waals surface area contributed by atoms with Gasteiger partial charge in [0.25, 0.3) is 0 Å². The van der Waals surface area contributed by atoms with Crippen molar-refractivity contribution in [2.45, 2.75) is 25.2 Å². The molecule has 0 aromatic heterocycles. The molecule has 0 bridgehead atoms. The molecule has 1 heterocycles. The molecule has 2 atom stereocenters. The summed E-state index contributed by atoms with van der Waals surface area (Å²) in [5.74, 6) is 0.528. The molecule has 2 unspecified atom stereocenters. The lowest BCUT2D eigenvalue weighted by Crippen LogP contribution is -2.34. The number of hydrogen-bond donors (Lipinski definition) is 1. The molecule has 2 aromatic carbocycles. The Morgan fingerprint density at radius 3 is 2.40 bits per heavy atom. The second kappa shape index (κ2) is 5.76. The van der Waals surface area contributed by atoms with Gasteiger partial charge >= 0.3 is 0 Å². The molecule has 3 rings (SSSR count). The average molecular weight is 269 g/mol. The summed E-state index contributed by atoms with van der Waals surface area (Å²) < 4.78 is 14.1. The minimum Gasteiger partial charge on any atom is -0.316 e. The molecule has 1 nitrogen and oxygen atoms in total. The van der Waals surface area contributed by atoms with Gasteiger partial charge in [0.2, 0.25) is 0 Å². The van der Waals surface area contributed by atoms with Gasteiger partial charge in [-0.25, -0.2) is 4.39 Å². The molecule has 2 aromatic rings. The second-order valence-electron chi connectivity index (χ2n) is 5.58. The molecular weight excluding hydrogens is 249 g/mol. The van der Waals surface area contributed by atoms with Crippen LogP contribution in [-0.4, -0.2) is 13.1 Å². The number of nitrogens with one attached hydrogen (secondary N) is 1. The summed E-state index contributed by atoms with van der Waals surface area (Å²) in [7, 11) is 0. The third-order valence-corrected chi connectivity index (χ3v) is 4.37. The van der Waals surface area contributed by atoms with Crippen LogP contribution >= 0.6 is 0 Å². The maximum atomic E-state index is 14.1. The van der Waals surface area contributed by atoms with E-state index in [1.807, 2.05) is 12.1 Å². The van der Waals surface area contributed by atoms with E-state index in [4.69, 9.17) is 0 Å². The lowest BCUT2D eigenvalue weighted by Gasteiger charge is -2.34. The second-order valence-corrected chi connectivity index (χ2v) is 5.58. The van der Waals surface area contributed by atoms with Crippen LogP contribution in [0.25, 0.3) is 0 Å². The fourth-order valence-electron chi connectivity index (χ4n) is 3.34. The zero-order chi connectivity index (χ0) is 13.9. The molecule has 0 amide bonds. The van der Waals surface area contributed by atoms with E-state index in [1.165, 1.54) is 11.1 Å². The van der Waals surface area contributed by atoms with Crippen molar-refractivity contribution in [1.82, 2.24) is 5.32 Å². The van der Waals surface area contributed by atoms with E-state index >= 15 is 0 Å². The van der Waals surface area contributed by atoms with Crippen molar-refractivity contribution in [2.24, 2.45) is 0 Å². The highest BCUT2D eigenvalue weighted by Gasteiger charge is 2.30. The molecular formula is C18H20FN. The predicted octanol–water partition coefficient (Wildman–Crippen LogP) is 3.99. The Morgan fingerprint density at radius 1 is 0.950 bits per heavy atom. The molecule has 2 heteroatoms. The Hall–Kier alpha value is -1.67. The number of hydrogen-bond acceptors (Lipinski definition) is 1. The topological polar surface area (TPSA) is 12.0 Å². The van der Waals surface area contributed by atoms with Crippen molar-refractivity contribution in [3.63, 3.8) is 0 Å². The van der Waals surface area contributed by atoms with Crippen LogP contribution in [0.2, 0.25) is 0 Å². The van der Waals surface area contributed by atoms with Crippen LogP contribution in [0.1, 0.15) is 34.9 Å². The largest absolute Gasteiger partial charge is 0.316 e. The van der Waals surface area contributed by atoms with Crippen molar-refractivity contribution in [1.29, 1.82) is 0 Å². The normalized spacial score (nSPS) is 22.7. The summed E-state index contributed by atoms with van der Waals surface area (Å²) in [4.78, 5) is 0. The number of halogens is 1. The first-order valence-electron chi connectivity index (χ1n) is 7.28. The molecule has 1 N–H and O–H groups in total. The summed E-state index contributed by atoms with van der Waals surface area (Å²) in [5.41, 5.74) is 3.51. The number of piperidine rings is 1. The van der Waals surface area contributed by atoms with Crippen LogP contribution in [0.3, 0.4) is 0 Å². The number of rotatable bonds is 2. The fourth-order valence-corrected chi connectivity index (χ4v) is 3.34. The van der Waals surface area contributed by atoms with Crippen molar-refractivity contribution >= 4 is 0 Å². The Morgan fingerprint density at radius 2 is 1.65 bits per heavy atom. The zero-order valence-corrected chi connectivity index (χ0v) is 11.8. The molecule has 0 aliphatic carbocycles. The molecule has 1 saturated heterocycles. The first-order valence-corrected chi connectivity index (χ1v) is 7.28. The minimum absolute atomic E-state index is 0.0835. The summed E-state index contributed by atoms with van der Waals surface area (Å²) in [6, 6.07) is 15.7. The monoisotopic (exact) mass is 269 g/mol. The molecule has 1 fully saturated rings. The SMILES string of the molecule is Cc1ccccc1C1CCNCC1c1ccccc1F. The van der Waals surface area contributed by atoms with Gasteiger partial charge in [-0.05, 0) is 48.6 Å². The van der Waals surface area contributed by atoms with Gasteiger partial charge in [0.05, 0.1) is 0 Å². The van der Waals surface area contributed by atoms with Crippen molar-refractivity contribution in [2.75, 3.05) is 13.1 Å². The van der Waals surface area contributed by atoms with Gasteiger partial charge in [0, 0.05) is 12.5 Å². The van der Waals surface area contributed by atoms with Crippen molar-refractivity contribution in [3.8, 4) is 0 Å². The summed E-state index contributed by atoms with van der Waals surface area (Å²) >= 11 is 0. The van der Waals surface area contributed by atoms with Gasteiger partial charge in [-0.2, -0.15) is 0 Å². The molecule has 0 spiro atoms. The molecule has 20 heavy (non-hydrogen) atoms. The van der Waals surface area contributed by atoms with Gasteiger partial charge in [0.15, 0.2) is 0 Å². The van der Waals surface area contributed by atoms with Crippen molar-refractivity contribution in [3.05, 3.63) is 71.0 Å². The smallest absolute Gasteiger partial charge is 0.126 e. The average Bonchev–Trinajstić information content (AvgIpc) is 2.48. The highest BCUT2D eigenvalue weighted by atomic mass is 19.1. The third-order valence-electron chi connectivity index (χ3n) is 4.37. The van der Waals surface area contributed by atoms with Crippen molar-refractivity contribution < 1.29 is 4.39 Å². The molecule has 0 radical (unpaired) electrons. The lowest BCUT2D eigenvalue weighted by atomic mass is 9.76. The molecule has 104 valence electrons. The van der Waals surface area contributed by atoms with Gasteiger partial charge in [-0.3, -0.25) is 0 Å². The Bertz CT molecular complexity index is 540. The Labute approximate surface area is 119 Å². The summed E-state index contributed by atoms with van der Waals surface area (Å²) in [5, 5.41) is 3.41. The van der Waals surface area contributed by atoms with Crippen LogP contribution in [0.15, 0.2) is 48.5 Å².